The second-order valence-electron chi connectivity index (χ2n) is 6.68. The van der Waals surface area contributed by atoms with Crippen molar-refractivity contribution in [3.63, 3.8) is 0 Å². The molecule has 0 unspecified atom stereocenters. The molecule has 0 aromatic heterocycles. The van der Waals surface area contributed by atoms with Gasteiger partial charge < -0.3 is 9.64 Å². The van der Waals surface area contributed by atoms with Crippen LogP contribution in [0, 0.1) is 5.92 Å². The van der Waals surface area contributed by atoms with Gasteiger partial charge in [-0.1, -0.05) is 60.7 Å². The molecule has 0 saturated carbocycles. The summed E-state index contributed by atoms with van der Waals surface area (Å²) < 4.78 is 5.51. The van der Waals surface area contributed by atoms with Crippen LogP contribution in [0.4, 0.5) is 0 Å². The van der Waals surface area contributed by atoms with E-state index in [1.54, 1.807) is 0 Å². The molecular weight excluding hydrogens is 294 g/mol. The molecule has 2 heteroatoms. The Bertz CT molecular complexity index is 536. The van der Waals surface area contributed by atoms with Crippen LogP contribution >= 0.6 is 0 Å². The zero-order valence-electron chi connectivity index (χ0n) is 14.7. The number of ether oxygens (including phenoxy) is 1. The summed E-state index contributed by atoms with van der Waals surface area (Å²) in [5, 5.41) is 0. The minimum atomic E-state index is 0.515. The second-order valence-corrected chi connectivity index (χ2v) is 6.68. The summed E-state index contributed by atoms with van der Waals surface area (Å²) in [5.41, 5.74) is 2.91. The highest BCUT2D eigenvalue weighted by atomic mass is 16.5. The molecule has 1 fully saturated rings. The maximum Gasteiger partial charge on any atom is 0.0593 e. The van der Waals surface area contributed by atoms with Crippen molar-refractivity contribution in [3.8, 4) is 0 Å². The van der Waals surface area contributed by atoms with Crippen LogP contribution in [0.1, 0.15) is 36.8 Å². The first-order valence-corrected chi connectivity index (χ1v) is 9.28. The fraction of sp³-hybridized carbons (Fsp3) is 0.455. The summed E-state index contributed by atoms with van der Waals surface area (Å²) in [7, 11) is 0. The van der Waals surface area contributed by atoms with Gasteiger partial charge >= 0.3 is 0 Å². The highest BCUT2D eigenvalue weighted by Gasteiger charge is 2.28. The number of benzene rings is 2. The van der Waals surface area contributed by atoms with Crippen molar-refractivity contribution in [2.75, 3.05) is 32.8 Å². The molecule has 1 saturated heterocycles. The minimum Gasteiger partial charge on any atom is -0.380 e. The number of hydrogen-bond donors (Lipinski definition) is 0. The molecule has 1 aliphatic rings. The van der Waals surface area contributed by atoms with E-state index >= 15 is 0 Å². The van der Waals surface area contributed by atoms with Gasteiger partial charge in [0.1, 0.15) is 0 Å². The van der Waals surface area contributed by atoms with E-state index in [9.17, 15) is 0 Å². The molecule has 0 aliphatic carbocycles. The van der Waals surface area contributed by atoms with E-state index in [4.69, 9.17) is 4.74 Å². The minimum absolute atomic E-state index is 0.515. The molecule has 1 heterocycles. The number of nitrogens with zero attached hydrogens (tertiary/aromatic N) is 1. The summed E-state index contributed by atoms with van der Waals surface area (Å²) in [6, 6.07) is 22.1. The van der Waals surface area contributed by atoms with E-state index in [1.165, 1.54) is 37.1 Å². The Morgan fingerprint density at radius 1 is 0.917 bits per heavy atom. The van der Waals surface area contributed by atoms with Crippen LogP contribution in [0.3, 0.4) is 0 Å². The monoisotopic (exact) mass is 323 g/mol. The Morgan fingerprint density at radius 2 is 1.46 bits per heavy atom. The summed E-state index contributed by atoms with van der Waals surface area (Å²) >= 11 is 0. The number of piperidine rings is 1. The first-order valence-electron chi connectivity index (χ1n) is 9.28. The number of likely N-dealkylation sites (tertiary alicyclic amines) is 1. The molecule has 1 aliphatic heterocycles. The molecular formula is C22H29NO. The van der Waals surface area contributed by atoms with E-state index < -0.39 is 0 Å². The number of rotatable bonds is 7. The van der Waals surface area contributed by atoms with Crippen LogP contribution in [0.2, 0.25) is 0 Å². The van der Waals surface area contributed by atoms with Gasteiger partial charge in [-0.25, -0.2) is 0 Å². The zero-order valence-corrected chi connectivity index (χ0v) is 14.7. The highest BCUT2D eigenvalue weighted by Crippen LogP contribution is 2.37. The third-order valence-corrected chi connectivity index (χ3v) is 5.18. The molecule has 0 bridgehead atoms. The van der Waals surface area contributed by atoms with Crippen LogP contribution in [-0.4, -0.2) is 37.7 Å². The van der Waals surface area contributed by atoms with E-state index in [0.717, 1.165) is 25.7 Å². The van der Waals surface area contributed by atoms with E-state index in [0.29, 0.717) is 5.92 Å². The van der Waals surface area contributed by atoms with Gasteiger partial charge in [0.15, 0.2) is 0 Å². The van der Waals surface area contributed by atoms with Crippen LogP contribution in [0.15, 0.2) is 60.7 Å². The quantitative estimate of drug-likeness (QED) is 0.692. The van der Waals surface area contributed by atoms with Gasteiger partial charge in [-0.2, -0.15) is 0 Å². The van der Waals surface area contributed by atoms with Crippen molar-refractivity contribution < 1.29 is 4.74 Å². The van der Waals surface area contributed by atoms with Gasteiger partial charge in [-0.05, 0) is 49.9 Å². The molecule has 0 radical (unpaired) electrons. The topological polar surface area (TPSA) is 12.5 Å². The van der Waals surface area contributed by atoms with Gasteiger partial charge in [-0.3, -0.25) is 0 Å². The Kier molecular flexibility index (Phi) is 6.45. The molecule has 2 aromatic carbocycles. The van der Waals surface area contributed by atoms with Crippen LogP contribution in [0.5, 0.6) is 0 Å². The van der Waals surface area contributed by atoms with Gasteiger partial charge in [0.25, 0.3) is 0 Å². The van der Waals surface area contributed by atoms with Crippen LogP contribution < -0.4 is 0 Å². The molecule has 0 atom stereocenters. The third kappa shape index (κ3) is 4.46. The Balaban J connectivity index is 1.69. The van der Waals surface area contributed by atoms with Gasteiger partial charge in [0.05, 0.1) is 6.61 Å². The first kappa shape index (κ1) is 17.2. The second kappa shape index (κ2) is 9.00. The molecule has 2 nitrogen and oxygen atoms in total. The molecule has 0 spiro atoms. The Hall–Kier alpha value is -1.64. The molecule has 0 N–H and O–H groups in total. The molecule has 3 rings (SSSR count). The van der Waals surface area contributed by atoms with Gasteiger partial charge in [0.2, 0.25) is 0 Å². The van der Waals surface area contributed by atoms with Gasteiger partial charge in [0, 0.05) is 19.1 Å². The molecule has 0 amide bonds. The van der Waals surface area contributed by atoms with Crippen molar-refractivity contribution in [3.05, 3.63) is 71.8 Å². The lowest BCUT2D eigenvalue weighted by Gasteiger charge is -2.36. The van der Waals surface area contributed by atoms with Crippen molar-refractivity contribution in [1.29, 1.82) is 0 Å². The standard InChI is InChI=1S/C22H29NO/c1-2-24-18-17-23-15-13-21(14-16-23)22(19-9-5-3-6-10-19)20-11-7-4-8-12-20/h3-12,21-22H,2,13-18H2,1H3. The highest BCUT2D eigenvalue weighted by molar-refractivity contribution is 5.33. The fourth-order valence-electron chi connectivity index (χ4n) is 3.91. The summed E-state index contributed by atoms with van der Waals surface area (Å²) in [4.78, 5) is 2.55. The predicted octanol–water partition coefficient (Wildman–Crippen LogP) is 4.57. The average Bonchev–Trinajstić information content (AvgIpc) is 2.65. The van der Waals surface area contributed by atoms with E-state index in [-0.39, 0.29) is 0 Å². The van der Waals surface area contributed by atoms with Crippen molar-refractivity contribution >= 4 is 0 Å². The molecule has 24 heavy (non-hydrogen) atoms. The Morgan fingerprint density at radius 3 is 1.96 bits per heavy atom. The largest absolute Gasteiger partial charge is 0.380 e. The maximum atomic E-state index is 5.51. The lowest BCUT2D eigenvalue weighted by molar-refractivity contribution is 0.0937. The number of hydrogen-bond acceptors (Lipinski definition) is 2. The maximum absolute atomic E-state index is 5.51. The van der Waals surface area contributed by atoms with E-state index in [1.807, 2.05) is 0 Å². The van der Waals surface area contributed by atoms with Crippen LogP contribution in [0.25, 0.3) is 0 Å². The van der Waals surface area contributed by atoms with Crippen molar-refractivity contribution in [2.45, 2.75) is 25.7 Å². The summed E-state index contributed by atoms with van der Waals surface area (Å²) in [5.74, 6) is 1.24. The lowest BCUT2D eigenvalue weighted by atomic mass is 9.76. The average molecular weight is 323 g/mol. The van der Waals surface area contributed by atoms with Crippen molar-refractivity contribution in [1.82, 2.24) is 4.90 Å². The van der Waals surface area contributed by atoms with Crippen molar-refractivity contribution in [2.24, 2.45) is 5.92 Å². The normalized spacial score (nSPS) is 16.6. The van der Waals surface area contributed by atoms with E-state index in [2.05, 4.69) is 72.5 Å². The first-order chi connectivity index (χ1) is 11.9. The molecule has 128 valence electrons. The van der Waals surface area contributed by atoms with Crippen LogP contribution in [-0.2, 0) is 4.74 Å². The smallest absolute Gasteiger partial charge is 0.0593 e. The summed E-state index contributed by atoms with van der Waals surface area (Å²) in [6.45, 7) is 7.20. The fourth-order valence-corrected chi connectivity index (χ4v) is 3.91. The lowest BCUT2D eigenvalue weighted by Crippen LogP contribution is -2.37. The van der Waals surface area contributed by atoms with Gasteiger partial charge in [-0.15, -0.1) is 0 Å². The zero-order chi connectivity index (χ0) is 16.6. The molecule has 2 aromatic rings. The predicted molar refractivity (Wildman–Crippen MR) is 100 cm³/mol. The summed E-state index contributed by atoms with van der Waals surface area (Å²) in [6.07, 6.45) is 2.53. The SMILES string of the molecule is CCOCCN1CCC(C(c2ccccc2)c2ccccc2)CC1. The Labute approximate surface area is 146 Å². The third-order valence-electron chi connectivity index (χ3n) is 5.18.